The van der Waals surface area contributed by atoms with Crippen molar-refractivity contribution in [2.45, 2.75) is 25.9 Å². The van der Waals surface area contributed by atoms with Crippen molar-refractivity contribution in [2.75, 3.05) is 6.61 Å². The average Bonchev–Trinajstić information content (AvgIpc) is 3.42. The quantitative estimate of drug-likeness (QED) is 0.449. The number of hydrogen-bond acceptors (Lipinski definition) is 6. The smallest absolute Gasteiger partial charge is 0.304 e. The summed E-state index contributed by atoms with van der Waals surface area (Å²) in [7, 11) is 0. The molecule has 0 saturated heterocycles. The zero-order valence-corrected chi connectivity index (χ0v) is 17.1. The number of hydrogen-bond donors (Lipinski definition) is 1. The molecule has 1 aliphatic heterocycles. The SMILES string of the molecule is Cc1nc(-c2cc3ccccc3o2)sc1COc1ccc2c(c1)OCC2CC(=O)O. The Labute approximate surface area is 176 Å². The van der Waals surface area contributed by atoms with Crippen LogP contribution in [0.1, 0.15) is 28.5 Å². The highest BCUT2D eigenvalue weighted by atomic mass is 32.1. The number of nitrogens with zero attached hydrogens (tertiary/aromatic N) is 1. The molecule has 0 spiro atoms. The van der Waals surface area contributed by atoms with Gasteiger partial charge in [-0.1, -0.05) is 24.3 Å². The molecule has 0 fully saturated rings. The first-order valence-electron chi connectivity index (χ1n) is 9.63. The highest BCUT2D eigenvalue weighted by molar-refractivity contribution is 7.15. The Kier molecular flexibility index (Phi) is 4.67. The first-order chi connectivity index (χ1) is 14.6. The van der Waals surface area contributed by atoms with E-state index in [4.69, 9.17) is 19.0 Å². The largest absolute Gasteiger partial charge is 0.492 e. The molecule has 0 radical (unpaired) electrons. The van der Waals surface area contributed by atoms with Gasteiger partial charge in [-0.2, -0.15) is 0 Å². The zero-order valence-electron chi connectivity index (χ0n) is 16.3. The number of aromatic nitrogens is 1. The molecule has 1 N–H and O–H groups in total. The number of carboxylic acids is 1. The molecular weight excluding hydrogens is 402 g/mol. The number of aryl methyl sites for hydroxylation is 1. The molecule has 2 aromatic carbocycles. The molecule has 5 rings (SSSR count). The van der Waals surface area contributed by atoms with Crippen molar-refractivity contribution in [2.24, 2.45) is 0 Å². The van der Waals surface area contributed by atoms with Gasteiger partial charge in [-0.15, -0.1) is 11.3 Å². The maximum Gasteiger partial charge on any atom is 0.304 e. The highest BCUT2D eigenvalue weighted by Gasteiger charge is 2.26. The van der Waals surface area contributed by atoms with E-state index in [0.29, 0.717) is 24.7 Å². The van der Waals surface area contributed by atoms with Crippen LogP contribution in [0.25, 0.3) is 21.7 Å². The van der Waals surface area contributed by atoms with Crippen LogP contribution >= 0.6 is 11.3 Å². The molecule has 0 aliphatic carbocycles. The normalized spacial score (nSPS) is 15.2. The summed E-state index contributed by atoms with van der Waals surface area (Å²) in [6.45, 7) is 2.74. The van der Waals surface area contributed by atoms with Gasteiger partial charge in [-0.3, -0.25) is 4.79 Å². The molecule has 0 amide bonds. The van der Waals surface area contributed by atoms with Crippen LogP contribution < -0.4 is 9.47 Å². The maximum absolute atomic E-state index is 11.0. The Morgan fingerprint density at radius 3 is 2.97 bits per heavy atom. The third kappa shape index (κ3) is 3.52. The summed E-state index contributed by atoms with van der Waals surface area (Å²) >= 11 is 1.55. The molecule has 0 saturated carbocycles. The lowest BCUT2D eigenvalue weighted by molar-refractivity contribution is -0.137. The molecule has 1 unspecified atom stereocenters. The lowest BCUT2D eigenvalue weighted by Gasteiger charge is -2.08. The fraction of sp³-hybridized carbons (Fsp3) is 0.217. The first kappa shape index (κ1) is 18.7. The second-order valence-electron chi connectivity index (χ2n) is 7.27. The highest BCUT2D eigenvalue weighted by Crippen LogP contribution is 2.39. The molecule has 2 aromatic heterocycles. The van der Waals surface area contributed by atoms with E-state index in [2.05, 4.69) is 4.98 Å². The molecule has 4 aromatic rings. The van der Waals surface area contributed by atoms with Crippen LogP contribution in [0.5, 0.6) is 11.5 Å². The van der Waals surface area contributed by atoms with E-state index in [0.717, 1.165) is 37.9 Å². The minimum Gasteiger partial charge on any atom is -0.492 e. The summed E-state index contributed by atoms with van der Waals surface area (Å²) in [4.78, 5) is 16.7. The molecule has 7 heteroatoms. The van der Waals surface area contributed by atoms with Gasteiger partial charge in [0.05, 0.1) is 23.6 Å². The van der Waals surface area contributed by atoms with E-state index in [1.165, 1.54) is 0 Å². The van der Waals surface area contributed by atoms with E-state index in [1.54, 1.807) is 11.3 Å². The molecule has 1 aliphatic rings. The number of carbonyl (C=O) groups is 1. The van der Waals surface area contributed by atoms with E-state index in [1.807, 2.05) is 55.5 Å². The van der Waals surface area contributed by atoms with Crippen molar-refractivity contribution in [3.63, 3.8) is 0 Å². The topological polar surface area (TPSA) is 81.8 Å². The summed E-state index contributed by atoms with van der Waals surface area (Å²) in [5.74, 6) is 1.20. The number of furan rings is 1. The summed E-state index contributed by atoms with van der Waals surface area (Å²) in [6, 6.07) is 15.5. The predicted molar refractivity (Wildman–Crippen MR) is 113 cm³/mol. The van der Waals surface area contributed by atoms with Crippen LogP contribution in [-0.4, -0.2) is 22.7 Å². The van der Waals surface area contributed by atoms with Gasteiger partial charge in [0.15, 0.2) is 10.8 Å². The molecule has 0 bridgehead atoms. The van der Waals surface area contributed by atoms with E-state index < -0.39 is 5.97 Å². The minimum atomic E-state index is -0.822. The molecular formula is C23H19NO5S. The fourth-order valence-electron chi connectivity index (χ4n) is 3.63. The Bertz CT molecular complexity index is 1210. The van der Waals surface area contributed by atoms with Crippen LogP contribution in [0.3, 0.4) is 0 Å². The minimum absolute atomic E-state index is 0.0673. The van der Waals surface area contributed by atoms with Gasteiger partial charge in [0.1, 0.15) is 23.7 Å². The molecule has 3 heterocycles. The Morgan fingerprint density at radius 1 is 1.27 bits per heavy atom. The Morgan fingerprint density at radius 2 is 2.13 bits per heavy atom. The van der Waals surface area contributed by atoms with Gasteiger partial charge in [-0.05, 0) is 25.1 Å². The van der Waals surface area contributed by atoms with Crippen LogP contribution in [-0.2, 0) is 11.4 Å². The zero-order chi connectivity index (χ0) is 20.7. The Hall–Kier alpha value is -3.32. The van der Waals surface area contributed by atoms with Crippen molar-refractivity contribution >= 4 is 28.3 Å². The van der Waals surface area contributed by atoms with Gasteiger partial charge < -0.3 is 19.0 Å². The van der Waals surface area contributed by atoms with Crippen molar-refractivity contribution in [3.8, 4) is 22.3 Å². The monoisotopic (exact) mass is 421 g/mol. The average molecular weight is 421 g/mol. The molecule has 152 valence electrons. The van der Waals surface area contributed by atoms with E-state index >= 15 is 0 Å². The van der Waals surface area contributed by atoms with Crippen LogP contribution in [0.4, 0.5) is 0 Å². The number of carboxylic acid groups (broad SMARTS) is 1. The van der Waals surface area contributed by atoms with E-state index in [9.17, 15) is 4.79 Å². The van der Waals surface area contributed by atoms with Gasteiger partial charge in [-0.25, -0.2) is 4.98 Å². The lowest BCUT2D eigenvalue weighted by Crippen LogP contribution is -2.07. The van der Waals surface area contributed by atoms with Gasteiger partial charge in [0, 0.05) is 22.9 Å². The summed E-state index contributed by atoms with van der Waals surface area (Å²) in [6.07, 6.45) is 0.0673. The lowest BCUT2D eigenvalue weighted by atomic mass is 9.98. The fourth-order valence-corrected chi connectivity index (χ4v) is 4.56. The summed E-state index contributed by atoms with van der Waals surface area (Å²) < 4.78 is 17.5. The second kappa shape index (κ2) is 7.50. The van der Waals surface area contributed by atoms with Crippen LogP contribution in [0.2, 0.25) is 0 Å². The summed E-state index contributed by atoms with van der Waals surface area (Å²) in [5.41, 5.74) is 2.68. The third-order valence-electron chi connectivity index (χ3n) is 5.18. The standard InChI is InChI=1S/C23H19NO5S/c1-13-21(30-23(24-13)20-8-14-4-2-3-5-18(14)29-20)12-27-16-6-7-17-15(9-22(25)26)11-28-19(17)10-16/h2-8,10,15H,9,11-12H2,1H3,(H,25,26). The molecule has 30 heavy (non-hydrogen) atoms. The number of ether oxygens (including phenoxy) is 2. The summed E-state index contributed by atoms with van der Waals surface area (Å²) in [5, 5.41) is 10.9. The van der Waals surface area contributed by atoms with Crippen LogP contribution in [0.15, 0.2) is 52.9 Å². The van der Waals surface area contributed by atoms with Crippen molar-refractivity contribution < 1.29 is 23.8 Å². The van der Waals surface area contributed by atoms with Gasteiger partial charge in [0.25, 0.3) is 0 Å². The molecule has 1 atom stereocenters. The first-order valence-corrected chi connectivity index (χ1v) is 10.4. The van der Waals surface area contributed by atoms with Crippen molar-refractivity contribution in [1.29, 1.82) is 0 Å². The van der Waals surface area contributed by atoms with Gasteiger partial charge >= 0.3 is 5.97 Å². The van der Waals surface area contributed by atoms with Crippen molar-refractivity contribution in [1.82, 2.24) is 4.98 Å². The third-order valence-corrected chi connectivity index (χ3v) is 6.33. The number of fused-ring (bicyclic) bond motifs is 2. The van der Waals surface area contributed by atoms with E-state index in [-0.39, 0.29) is 12.3 Å². The van der Waals surface area contributed by atoms with Crippen LogP contribution in [0, 0.1) is 6.92 Å². The Balaban J connectivity index is 1.31. The number of para-hydroxylation sites is 1. The number of rotatable bonds is 6. The second-order valence-corrected chi connectivity index (χ2v) is 8.35. The molecule has 6 nitrogen and oxygen atoms in total. The predicted octanol–water partition coefficient (Wildman–Crippen LogP) is 5.39. The van der Waals surface area contributed by atoms with Crippen molar-refractivity contribution in [3.05, 3.63) is 64.7 Å². The maximum atomic E-state index is 11.0. The number of benzene rings is 2. The number of thiazole rings is 1. The number of aliphatic carboxylic acids is 1. The van der Waals surface area contributed by atoms with Gasteiger partial charge in [0.2, 0.25) is 0 Å².